The van der Waals surface area contributed by atoms with Crippen molar-refractivity contribution in [3.63, 3.8) is 0 Å². The van der Waals surface area contributed by atoms with E-state index >= 15 is 0 Å². The summed E-state index contributed by atoms with van der Waals surface area (Å²) in [7, 11) is 0. The van der Waals surface area contributed by atoms with E-state index in [-0.39, 0.29) is 0 Å². The Kier molecular flexibility index (Phi) is 4.86. The predicted molar refractivity (Wildman–Crippen MR) is 104 cm³/mol. The fourth-order valence-electron chi connectivity index (χ4n) is 2.78. The second-order valence-corrected chi connectivity index (χ2v) is 6.46. The maximum Gasteiger partial charge on any atom is 0.144 e. The molecule has 1 N–H and O–H groups in total. The Morgan fingerprint density at radius 1 is 0.923 bits per heavy atom. The molecule has 0 saturated carbocycles. The Hall–Kier alpha value is -2.82. The van der Waals surface area contributed by atoms with Crippen LogP contribution in [0.5, 0.6) is 11.5 Å². The molecule has 0 aromatic heterocycles. The molecule has 0 amide bonds. The topological polar surface area (TPSA) is 36.9 Å². The first-order chi connectivity index (χ1) is 12.8. The number of hydrazine groups is 1. The maximum atomic E-state index is 6.05. The normalized spacial score (nSPS) is 14.0. The van der Waals surface area contributed by atoms with Crippen molar-refractivity contribution in [2.75, 3.05) is 6.67 Å². The highest BCUT2D eigenvalue weighted by Gasteiger charge is 2.16. The minimum absolute atomic E-state index is 0.601. The summed E-state index contributed by atoms with van der Waals surface area (Å²) in [5.41, 5.74) is 5.52. The Bertz CT molecular complexity index is 910. The van der Waals surface area contributed by atoms with Crippen LogP contribution in [0.15, 0.2) is 83.9 Å². The minimum Gasteiger partial charge on any atom is -0.457 e. The Balaban J connectivity index is 1.38. The molecule has 0 fully saturated rings. The lowest BCUT2D eigenvalue weighted by Gasteiger charge is -2.16. The summed E-state index contributed by atoms with van der Waals surface area (Å²) in [5.74, 6) is 2.48. The third-order valence-electron chi connectivity index (χ3n) is 4.03. The largest absolute Gasteiger partial charge is 0.457 e. The van der Waals surface area contributed by atoms with Crippen LogP contribution < -0.4 is 10.2 Å². The van der Waals surface area contributed by atoms with E-state index < -0.39 is 0 Å². The molecule has 0 aliphatic carbocycles. The summed E-state index contributed by atoms with van der Waals surface area (Å²) in [6.07, 6.45) is 0. The van der Waals surface area contributed by atoms with Crippen molar-refractivity contribution in [2.24, 2.45) is 4.99 Å². The van der Waals surface area contributed by atoms with Gasteiger partial charge in [0.15, 0.2) is 0 Å². The fraction of sp³-hybridized carbons (Fsp3) is 0.0952. The molecule has 4 nitrogen and oxygen atoms in total. The fourth-order valence-corrected chi connectivity index (χ4v) is 3.00. The van der Waals surface area contributed by atoms with Crippen LogP contribution in [0, 0.1) is 0 Å². The van der Waals surface area contributed by atoms with Gasteiger partial charge in [0.05, 0.1) is 0 Å². The molecule has 1 aliphatic rings. The molecule has 0 saturated heterocycles. The van der Waals surface area contributed by atoms with Crippen molar-refractivity contribution in [1.82, 2.24) is 10.4 Å². The molecule has 0 bridgehead atoms. The van der Waals surface area contributed by atoms with E-state index in [1.165, 1.54) is 0 Å². The second kappa shape index (κ2) is 7.60. The first kappa shape index (κ1) is 16.6. The number of aliphatic imine (C=N–C) groups is 1. The lowest BCUT2D eigenvalue weighted by atomic mass is 10.2. The van der Waals surface area contributed by atoms with Gasteiger partial charge in [0.1, 0.15) is 24.0 Å². The Labute approximate surface area is 157 Å². The Morgan fingerprint density at radius 2 is 1.69 bits per heavy atom. The molecule has 0 unspecified atom stereocenters. The minimum atomic E-state index is 0.601. The van der Waals surface area contributed by atoms with Crippen LogP contribution in [0.2, 0.25) is 5.02 Å². The van der Waals surface area contributed by atoms with E-state index in [4.69, 9.17) is 16.3 Å². The highest BCUT2D eigenvalue weighted by molar-refractivity contribution is 6.30. The molecular weight excluding hydrogens is 346 g/mol. The van der Waals surface area contributed by atoms with Crippen LogP contribution in [-0.2, 0) is 6.54 Å². The van der Waals surface area contributed by atoms with Crippen LogP contribution in [0.4, 0.5) is 0 Å². The third kappa shape index (κ3) is 4.04. The quantitative estimate of drug-likeness (QED) is 0.703. The number of rotatable bonds is 5. The Morgan fingerprint density at radius 3 is 2.46 bits per heavy atom. The average molecular weight is 364 g/mol. The van der Waals surface area contributed by atoms with Crippen molar-refractivity contribution in [3.05, 3.63) is 95.0 Å². The standard InChI is InChI=1S/C21H18ClN3O/c22-18-6-4-5-16(13-18)14-25-15-23-21(24-25)17-9-11-20(12-10-17)26-19-7-2-1-3-8-19/h1-13H,14-15H2,(H,23,24). The second-order valence-electron chi connectivity index (χ2n) is 6.03. The van der Waals surface area contributed by atoms with E-state index in [1.54, 1.807) is 0 Å². The van der Waals surface area contributed by atoms with Gasteiger partial charge in [-0.05, 0) is 54.1 Å². The summed E-state index contributed by atoms with van der Waals surface area (Å²) >= 11 is 6.05. The van der Waals surface area contributed by atoms with Gasteiger partial charge in [0, 0.05) is 17.1 Å². The van der Waals surface area contributed by atoms with Crippen LogP contribution in [0.3, 0.4) is 0 Å². The molecule has 1 heterocycles. The molecule has 3 aromatic rings. The summed E-state index contributed by atoms with van der Waals surface area (Å²) < 4.78 is 5.82. The summed E-state index contributed by atoms with van der Waals surface area (Å²) in [6.45, 7) is 1.34. The van der Waals surface area contributed by atoms with Crippen LogP contribution >= 0.6 is 11.6 Å². The van der Waals surface area contributed by atoms with E-state index in [1.807, 2.05) is 72.8 Å². The highest BCUT2D eigenvalue weighted by atomic mass is 35.5. The number of halogens is 1. The number of hydrogen-bond acceptors (Lipinski definition) is 4. The van der Waals surface area contributed by atoms with Gasteiger partial charge in [-0.1, -0.05) is 41.9 Å². The summed E-state index contributed by atoms with van der Waals surface area (Å²) in [4.78, 5) is 4.58. The van der Waals surface area contributed by atoms with Gasteiger partial charge in [-0.15, -0.1) is 0 Å². The van der Waals surface area contributed by atoms with Crippen LogP contribution in [0.25, 0.3) is 0 Å². The van der Waals surface area contributed by atoms with Crippen molar-refractivity contribution in [2.45, 2.75) is 6.54 Å². The van der Waals surface area contributed by atoms with Crippen molar-refractivity contribution < 1.29 is 4.74 Å². The molecule has 0 radical (unpaired) electrons. The molecule has 5 heteroatoms. The molecule has 1 aliphatic heterocycles. The van der Waals surface area contributed by atoms with Crippen molar-refractivity contribution in [1.29, 1.82) is 0 Å². The van der Waals surface area contributed by atoms with Gasteiger partial charge in [-0.3, -0.25) is 0 Å². The zero-order valence-corrected chi connectivity index (χ0v) is 14.9. The van der Waals surface area contributed by atoms with Gasteiger partial charge < -0.3 is 10.2 Å². The lowest BCUT2D eigenvalue weighted by molar-refractivity contribution is 0.257. The van der Waals surface area contributed by atoms with Gasteiger partial charge >= 0.3 is 0 Å². The summed E-state index contributed by atoms with van der Waals surface area (Å²) in [5, 5.41) is 2.80. The SMILES string of the molecule is Clc1cccc(CN2CN=C(c3ccc(Oc4ccccc4)cc3)N2)c1. The molecule has 26 heavy (non-hydrogen) atoms. The van der Waals surface area contributed by atoms with Gasteiger partial charge in [0.25, 0.3) is 0 Å². The number of hydrogen-bond donors (Lipinski definition) is 1. The van der Waals surface area contributed by atoms with Gasteiger partial charge in [-0.2, -0.15) is 5.01 Å². The van der Waals surface area contributed by atoms with E-state index in [2.05, 4.69) is 21.5 Å². The molecule has 130 valence electrons. The number of amidine groups is 1. The summed E-state index contributed by atoms with van der Waals surface area (Å²) in [6, 6.07) is 25.5. The van der Waals surface area contributed by atoms with Crippen LogP contribution in [0.1, 0.15) is 11.1 Å². The van der Waals surface area contributed by atoms with E-state index in [0.717, 1.165) is 40.0 Å². The lowest BCUT2D eigenvalue weighted by Crippen LogP contribution is -2.35. The molecular formula is C21H18ClN3O. The van der Waals surface area contributed by atoms with E-state index in [0.29, 0.717) is 6.67 Å². The number of para-hydroxylation sites is 1. The number of benzene rings is 3. The first-order valence-electron chi connectivity index (χ1n) is 8.40. The number of nitrogens with zero attached hydrogens (tertiary/aromatic N) is 2. The van der Waals surface area contributed by atoms with Gasteiger partial charge in [-0.25, -0.2) is 4.99 Å². The van der Waals surface area contributed by atoms with Gasteiger partial charge in [0.2, 0.25) is 0 Å². The molecule has 3 aromatic carbocycles. The van der Waals surface area contributed by atoms with Crippen molar-refractivity contribution in [3.8, 4) is 11.5 Å². The zero-order valence-electron chi connectivity index (χ0n) is 14.1. The average Bonchev–Trinajstić information content (AvgIpc) is 3.12. The molecule has 0 atom stereocenters. The monoisotopic (exact) mass is 363 g/mol. The third-order valence-corrected chi connectivity index (χ3v) is 4.27. The first-order valence-corrected chi connectivity index (χ1v) is 8.78. The molecule has 0 spiro atoms. The number of ether oxygens (including phenoxy) is 1. The maximum absolute atomic E-state index is 6.05. The molecule has 4 rings (SSSR count). The van der Waals surface area contributed by atoms with Crippen molar-refractivity contribution >= 4 is 17.4 Å². The number of nitrogens with one attached hydrogen (secondary N) is 1. The highest BCUT2D eigenvalue weighted by Crippen LogP contribution is 2.22. The zero-order chi connectivity index (χ0) is 17.8. The van der Waals surface area contributed by atoms with Crippen LogP contribution in [-0.4, -0.2) is 17.5 Å². The predicted octanol–water partition coefficient (Wildman–Crippen LogP) is 4.86. The smallest absolute Gasteiger partial charge is 0.144 e. The van der Waals surface area contributed by atoms with E-state index in [9.17, 15) is 0 Å².